The molecule has 5 heteroatoms. The van der Waals surface area contributed by atoms with Crippen LogP contribution in [0.25, 0.3) is 10.2 Å². The van der Waals surface area contributed by atoms with E-state index in [9.17, 15) is 4.79 Å². The molecule has 0 saturated heterocycles. The van der Waals surface area contributed by atoms with Gasteiger partial charge in [0.25, 0.3) is 0 Å². The van der Waals surface area contributed by atoms with Crippen molar-refractivity contribution in [3.05, 3.63) is 59.1 Å². The first-order valence-corrected chi connectivity index (χ1v) is 8.83. The molecule has 24 heavy (non-hydrogen) atoms. The van der Waals surface area contributed by atoms with Crippen LogP contribution in [0.2, 0.25) is 0 Å². The first kappa shape index (κ1) is 16.6. The molecule has 0 saturated carbocycles. The number of likely N-dealkylation sites (N-methyl/N-ethyl adjacent to an activating group) is 1. The third kappa shape index (κ3) is 3.47. The molecule has 0 spiro atoms. The lowest BCUT2D eigenvalue weighted by Gasteiger charge is -2.26. The summed E-state index contributed by atoms with van der Waals surface area (Å²) in [6.07, 6.45) is 0. The zero-order valence-corrected chi connectivity index (χ0v) is 14.9. The lowest BCUT2D eigenvalue weighted by atomic mass is 10.0. The Hall–Kier alpha value is -2.24. The number of benzene rings is 2. The number of nitrogens with zero attached hydrogens (tertiary/aromatic N) is 2. The van der Waals surface area contributed by atoms with Crippen LogP contribution < -0.4 is 5.32 Å². The van der Waals surface area contributed by atoms with Crippen molar-refractivity contribution in [1.82, 2.24) is 9.88 Å². The quantitative estimate of drug-likeness (QED) is 0.756. The standard InChI is InChI=1S/C19H21N3OS/c1-4-22(3)18(14-8-6-5-7-9-14)19(23)21-15-10-11-16-17(12-15)24-13(2)20-16/h5-12,18H,4H2,1-3H3,(H,21,23). The van der Waals surface area contributed by atoms with E-state index in [-0.39, 0.29) is 11.9 Å². The molecule has 1 N–H and O–H groups in total. The summed E-state index contributed by atoms with van der Waals surface area (Å²) in [5.41, 5.74) is 2.77. The van der Waals surface area contributed by atoms with Crippen LogP contribution in [0.15, 0.2) is 48.5 Å². The van der Waals surface area contributed by atoms with Crippen LogP contribution in [-0.4, -0.2) is 29.4 Å². The molecule has 0 bridgehead atoms. The van der Waals surface area contributed by atoms with Gasteiger partial charge in [0, 0.05) is 5.69 Å². The fraction of sp³-hybridized carbons (Fsp3) is 0.263. The minimum Gasteiger partial charge on any atom is -0.324 e. The Bertz CT molecular complexity index is 844. The average molecular weight is 339 g/mol. The minimum absolute atomic E-state index is 0.0221. The Morgan fingerprint density at radius 3 is 2.71 bits per heavy atom. The summed E-state index contributed by atoms with van der Waals surface area (Å²) in [6, 6.07) is 15.4. The first-order chi connectivity index (χ1) is 11.6. The number of carbonyl (C=O) groups is 1. The third-order valence-corrected chi connectivity index (χ3v) is 5.00. The Morgan fingerprint density at radius 2 is 2.00 bits per heavy atom. The van der Waals surface area contributed by atoms with Gasteiger partial charge in [-0.25, -0.2) is 4.98 Å². The first-order valence-electron chi connectivity index (χ1n) is 8.01. The van der Waals surface area contributed by atoms with Gasteiger partial charge in [0.05, 0.1) is 15.2 Å². The molecule has 1 unspecified atom stereocenters. The van der Waals surface area contributed by atoms with Crippen molar-refractivity contribution in [2.75, 3.05) is 18.9 Å². The molecular weight excluding hydrogens is 318 g/mol. The number of rotatable bonds is 5. The van der Waals surface area contributed by atoms with Gasteiger partial charge in [-0.15, -0.1) is 11.3 Å². The van der Waals surface area contributed by atoms with Crippen molar-refractivity contribution in [3.8, 4) is 0 Å². The summed E-state index contributed by atoms with van der Waals surface area (Å²) < 4.78 is 1.09. The number of carbonyl (C=O) groups excluding carboxylic acids is 1. The fourth-order valence-corrected chi connectivity index (χ4v) is 3.62. The minimum atomic E-state index is -0.310. The second kappa shape index (κ2) is 7.11. The monoisotopic (exact) mass is 339 g/mol. The fourth-order valence-electron chi connectivity index (χ4n) is 2.75. The van der Waals surface area contributed by atoms with Crippen molar-refractivity contribution in [1.29, 1.82) is 0 Å². The van der Waals surface area contributed by atoms with Crippen LogP contribution in [0.5, 0.6) is 0 Å². The number of nitrogens with one attached hydrogen (secondary N) is 1. The lowest BCUT2D eigenvalue weighted by molar-refractivity contribution is -0.121. The van der Waals surface area contributed by atoms with E-state index in [0.29, 0.717) is 0 Å². The molecule has 1 heterocycles. The summed E-state index contributed by atoms with van der Waals surface area (Å²) in [5, 5.41) is 4.08. The zero-order chi connectivity index (χ0) is 17.1. The Kier molecular flexibility index (Phi) is 4.92. The summed E-state index contributed by atoms with van der Waals surface area (Å²) in [7, 11) is 1.97. The third-order valence-electron chi connectivity index (χ3n) is 4.07. The Balaban J connectivity index is 1.86. The highest BCUT2D eigenvalue weighted by atomic mass is 32.1. The highest BCUT2D eigenvalue weighted by Gasteiger charge is 2.24. The molecule has 124 valence electrons. The Labute approximate surface area is 146 Å². The normalized spacial score (nSPS) is 12.5. The van der Waals surface area contributed by atoms with Gasteiger partial charge in [-0.1, -0.05) is 37.3 Å². The van der Waals surface area contributed by atoms with E-state index in [0.717, 1.165) is 33.0 Å². The molecule has 3 rings (SSSR count). The van der Waals surface area contributed by atoms with Crippen molar-refractivity contribution in [2.45, 2.75) is 19.9 Å². The van der Waals surface area contributed by atoms with Crippen molar-refractivity contribution >= 4 is 33.1 Å². The predicted octanol–water partition coefficient (Wildman–Crippen LogP) is 4.24. The van der Waals surface area contributed by atoms with Gasteiger partial charge in [-0.2, -0.15) is 0 Å². The SMILES string of the molecule is CCN(C)C(C(=O)Nc1ccc2nc(C)sc2c1)c1ccccc1. The van der Waals surface area contributed by atoms with E-state index in [1.54, 1.807) is 11.3 Å². The van der Waals surface area contributed by atoms with E-state index in [4.69, 9.17) is 0 Å². The second-order valence-corrected chi connectivity index (χ2v) is 7.03. The highest BCUT2D eigenvalue weighted by Crippen LogP contribution is 2.26. The summed E-state index contributed by atoms with van der Waals surface area (Å²) in [5.74, 6) is -0.0221. The molecule has 4 nitrogen and oxygen atoms in total. The highest BCUT2D eigenvalue weighted by molar-refractivity contribution is 7.18. The van der Waals surface area contributed by atoms with Crippen molar-refractivity contribution in [2.24, 2.45) is 0 Å². The molecule has 1 amide bonds. The number of fused-ring (bicyclic) bond motifs is 1. The van der Waals surface area contributed by atoms with Gasteiger partial charge < -0.3 is 5.32 Å². The lowest BCUT2D eigenvalue weighted by Crippen LogP contribution is -2.34. The summed E-state index contributed by atoms with van der Waals surface area (Å²) in [6.45, 7) is 4.83. The van der Waals surface area contributed by atoms with Gasteiger partial charge in [0.1, 0.15) is 6.04 Å². The molecule has 3 aromatic rings. The number of aromatic nitrogens is 1. The van der Waals surface area contributed by atoms with Crippen LogP contribution in [0.4, 0.5) is 5.69 Å². The largest absolute Gasteiger partial charge is 0.324 e. The molecule has 0 aliphatic carbocycles. The van der Waals surface area contributed by atoms with Crippen LogP contribution in [0, 0.1) is 6.92 Å². The van der Waals surface area contributed by atoms with Gasteiger partial charge in [0.2, 0.25) is 5.91 Å². The average Bonchev–Trinajstić information content (AvgIpc) is 2.95. The second-order valence-electron chi connectivity index (χ2n) is 5.79. The number of hydrogen-bond acceptors (Lipinski definition) is 4. The number of amides is 1. The smallest absolute Gasteiger partial charge is 0.246 e. The maximum absolute atomic E-state index is 12.9. The van der Waals surface area contributed by atoms with Crippen LogP contribution in [0.1, 0.15) is 23.5 Å². The van der Waals surface area contributed by atoms with Gasteiger partial charge in [0.15, 0.2) is 0 Å². The maximum atomic E-state index is 12.9. The summed E-state index contributed by atoms with van der Waals surface area (Å²) >= 11 is 1.64. The van der Waals surface area contributed by atoms with Crippen LogP contribution in [-0.2, 0) is 4.79 Å². The van der Waals surface area contributed by atoms with Crippen LogP contribution >= 0.6 is 11.3 Å². The van der Waals surface area contributed by atoms with E-state index >= 15 is 0 Å². The molecule has 0 aliphatic rings. The molecule has 1 aromatic heterocycles. The van der Waals surface area contributed by atoms with E-state index in [1.807, 2.05) is 67.4 Å². The van der Waals surface area contributed by atoms with Crippen LogP contribution in [0.3, 0.4) is 0 Å². The molecular formula is C19H21N3OS. The van der Waals surface area contributed by atoms with E-state index < -0.39 is 0 Å². The number of thiazole rings is 1. The van der Waals surface area contributed by atoms with E-state index in [2.05, 4.69) is 17.2 Å². The van der Waals surface area contributed by atoms with Gasteiger partial charge in [-0.3, -0.25) is 9.69 Å². The molecule has 0 radical (unpaired) electrons. The number of hydrogen-bond donors (Lipinski definition) is 1. The maximum Gasteiger partial charge on any atom is 0.246 e. The predicted molar refractivity (Wildman–Crippen MR) is 100 cm³/mol. The molecule has 2 aromatic carbocycles. The summed E-state index contributed by atoms with van der Waals surface area (Å²) in [4.78, 5) is 19.4. The van der Waals surface area contributed by atoms with Crippen molar-refractivity contribution in [3.63, 3.8) is 0 Å². The van der Waals surface area contributed by atoms with Gasteiger partial charge in [-0.05, 0) is 44.3 Å². The zero-order valence-electron chi connectivity index (χ0n) is 14.1. The topological polar surface area (TPSA) is 45.2 Å². The molecule has 0 aliphatic heterocycles. The molecule has 1 atom stereocenters. The number of anilines is 1. The number of aryl methyl sites for hydroxylation is 1. The van der Waals surface area contributed by atoms with E-state index in [1.165, 1.54) is 0 Å². The molecule has 0 fully saturated rings. The Morgan fingerprint density at radius 1 is 1.25 bits per heavy atom. The van der Waals surface area contributed by atoms with Crippen molar-refractivity contribution < 1.29 is 4.79 Å². The van der Waals surface area contributed by atoms with Gasteiger partial charge >= 0.3 is 0 Å².